The van der Waals surface area contributed by atoms with Gasteiger partial charge in [0.25, 0.3) is 5.91 Å². The minimum atomic E-state index is -0.661. The van der Waals surface area contributed by atoms with Crippen LogP contribution in [-0.4, -0.2) is 10.9 Å². The number of rotatable bonds is 6. The van der Waals surface area contributed by atoms with E-state index in [9.17, 15) is 18.0 Å². The van der Waals surface area contributed by atoms with Gasteiger partial charge in [-0.15, -0.1) is 11.3 Å². The van der Waals surface area contributed by atoms with Crippen LogP contribution in [0, 0.1) is 17.5 Å². The van der Waals surface area contributed by atoms with Crippen LogP contribution in [0.15, 0.2) is 72.1 Å². The lowest BCUT2D eigenvalue weighted by Crippen LogP contribution is -2.12. The number of carbonyl (C=O) groups is 1. The molecule has 8 heteroatoms. The Bertz CT molecular complexity index is 1210. The van der Waals surface area contributed by atoms with Crippen LogP contribution in [-0.2, 0) is 6.61 Å². The Kier molecular flexibility index (Phi) is 5.99. The molecule has 0 atom stereocenters. The monoisotopic (exact) mass is 440 g/mol. The number of halogens is 3. The van der Waals surface area contributed by atoms with Gasteiger partial charge >= 0.3 is 0 Å². The van der Waals surface area contributed by atoms with Crippen molar-refractivity contribution in [3.05, 3.63) is 101 Å². The third-order valence-electron chi connectivity index (χ3n) is 4.35. The minimum Gasteiger partial charge on any atom is -0.489 e. The molecule has 1 amide bonds. The number of anilines is 1. The molecular formula is C23H15F3N2O2S. The maximum atomic E-state index is 13.7. The van der Waals surface area contributed by atoms with Crippen molar-refractivity contribution in [3.63, 3.8) is 0 Å². The zero-order valence-electron chi connectivity index (χ0n) is 15.9. The third-order valence-corrected chi connectivity index (χ3v) is 5.24. The molecule has 0 bridgehead atoms. The SMILES string of the molecule is O=C(Nc1ccc(F)cc1)c1csc(-c2ccc(OCc3ccc(F)cc3F)cc2)n1. The van der Waals surface area contributed by atoms with Crippen molar-refractivity contribution in [1.82, 2.24) is 4.98 Å². The standard InChI is InChI=1S/C23H15F3N2O2S/c24-16-5-7-18(8-6-16)27-22(29)21-13-31-23(28-21)14-2-9-19(10-3-14)30-12-15-1-4-17(25)11-20(15)26/h1-11,13H,12H2,(H,27,29). The smallest absolute Gasteiger partial charge is 0.275 e. The number of hydrogen-bond donors (Lipinski definition) is 1. The zero-order chi connectivity index (χ0) is 21.8. The van der Waals surface area contributed by atoms with E-state index in [1.807, 2.05) is 0 Å². The highest BCUT2D eigenvalue weighted by Crippen LogP contribution is 2.26. The summed E-state index contributed by atoms with van der Waals surface area (Å²) in [5.41, 5.74) is 1.75. The van der Waals surface area contributed by atoms with Gasteiger partial charge in [0.15, 0.2) is 0 Å². The van der Waals surface area contributed by atoms with Crippen LogP contribution < -0.4 is 10.1 Å². The van der Waals surface area contributed by atoms with Gasteiger partial charge in [0, 0.05) is 28.3 Å². The third kappa shape index (κ3) is 5.10. The Hall–Kier alpha value is -3.65. The van der Waals surface area contributed by atoms with Crippen molar-refractivity contribution in [2.24, 2.45) is 0 Å². The van der Waals surface area contributed by atoms with E-state index in [2.05, 4.69) is 10.3 Å². The number of thiazole rings is 1. The minimum absolute atomic E-state index is 0.0313. The lowest BCUT2D eigenvalue weighted by Gasteiger charge is -2.08. The van der Waals surface area contributed by atoms with E-state index < -0.39 is 17.5 Å². The van der Waals surface area contributed by atoms with Crippen LogP contribution in [0.2, 0.25) is 0 Å². The topological polar surface area (TPSA) is 51.2 Å². The molecule has 0 saturated heterocycles. The van der Waals surface area contributed by atoms with Crippen molar-refractivity contribution in [1.29, 1.82) is 0 Å². The molecule has 0 aliphatic carbocycles. The molecule has 0 saturated carbocycles. The van der Waals surface area contributed by atoms with Crippen molar-refractivity contribution >= 4 is 22.9 Å². The number of hydrogen-bond acceptors (Lipinski definition) is 4. The van der Waals surface area contributed by atoms with Gasteiger partial charge in [0.2, 0.25) is 0 Å². The largest absolute Gasteiger partial charge is 0.489 e. The van der Waals surface area contributed by atoms with Crippen LogP contribution in [0.3, 0.4) is 0 Å². The van der Waals surface area contributed by atoms with Crippen molar-refractivity contribution in [2.45, 2.75) is 6.61 Å². The van der Waals surface area contributed by atoms with E-state index >= 15 is 0 Å². The average molecular weight is 440 g/mol. The second-order valence-corrected chi connectivity index (χ2v) is 7.41. The van der Waals surface area contributed by atoms with Crippen LogP contribution in [0.1, 0.15) is 16.1 Å². The van der Waals surface area contributed by atoms with E-state index in [0.29, 0.717) is 16.4 Å². The molecule has 4 nitrogen and oxygen atoms in total. The van der Waals surface area contributed by atoms with Crippen LogP contribution in [0.4, 0.5) is 18.9 Å². The predicted octanol–water partition coefficient (Wildman–Crippen LogP) is 6.06. The van der Waals surface area contributed by atoms with E-state index in [-0.39, 0.29) is 23.7 Å². The van der Waals surface area contributed by atoms with Crippen molar-refractivity contribution in [2.75, 3.05) is 5.32 Å². The molecule has 0 radical (unpaired) electrons. The highest BCUT2D eigenvalue weighted by molar-refractivity contribution is 7.13. The summed E-state index contributed by atoms with van der Waals surface area (Å²) in [5, 5.41) is 4.94. The van der Waals surface area contributed by atoms with Gasteiger partial charge in [-0.1, -0.05) is 0 Å². The highest BCUT2D eigenvalue weighted by atomic mass is 32.1. The zero-order valence-corrected chi connectivity index (χ0v) is 16.8. The van der Waals surface area contributed by atoms with Gasteiger partial charge in [-0.25, -0.2) is 18.2 Å². The van der Waals surface area contributed by atoms with Gasteiger partial charge in [0.05, 0.1) is 0 Å². The fraction of sp³-hybridized carbons (Fsp3) is 0.0435. The fourth-order valence-corrected chi connectivity index (χ4v) is 3.54. The Balaban J connectivity index is 1.39. The maximum absolute atomic E-state index is 13.7. The summed E-state index contributed by atoms with van der Waals surface area (Å²) in [6.45, 7) is -0.0313. The first-order valence-electron chi connectivity index (χ1n) is 9.17. The second-order valence-electron chi connectivity index (χ2n) is 6.55. The molecule has 156 valence electrons. The summed E-state index contributed by atoms with van der Waals surface area (Å²) in [7, 11) is 0. The van der Waals surface area contributed by atoms with Gasteiger partial charge in [-0.2, -0.15) is 0 Å². The summed E-state index contributed by atoms with van der Waals surface area (Å²) >= 11 is 1.31. The number of amides is 1. The van der Waals surface area contributed by atoms with E-state index in [1.54, 1.807) is 29.6 Å². The lowest BCUT2D eigenvalue weighted by molar-refractivity contribution is 0.102. The van der Waals surface area contributed by atoms with E-state index in [0.717, 1.165) is 11.6 Å². The van der Waals surface area contributed by atoms with E-state index in [1.165, 1.54) is 47.7 Å². The molecular weight excluding hydrogens is 425 g/mol. The predicted molar refractivity (Wildman–Crippen MR) is 113 cm³/mol. The van der Waals surface area contributed by atoms with Crippen molar-refractivity contribution in [3.8, 4) is 16.3 Å². The molecule has 1 aromatic heterocycles. The fourth-order valence-electron chi connectivity index (χ4n) is 2.73. The Morgan fingerprint density at radius 1 is 0.935 bits per heavy atom. The molecule has 3 aromatic carbocycles. The maximum Gasteiger partial charge on any atom is 0.275 e. The molecule has 4 aromatic rings. The van der Waals surface area contributed by atoms with Crippen LogP contribution in [0.5, 0.6) is 5.75 Å². The molecule has 0 unspecified atom stereocenters. The average Bonchev–Trinajstić information content (AvgIpc) is 3.26. The van der Waals surface area contributed by atoms with Gasteiger partial charge < -0.3 is 10.1 Å². The summed E-state index contributed by atoms with van der Waals surface area (Å²) in [4.78, 5) is 16.7. The first-order chi connectivity index (χ1) is 15.0. The number of ether oxygens (including phenoxy) is 1. The molecule has 1 heterocycles. The molecule has 0 spiro atoms. The van der Waals surface area contributed by atoms with Crippen LogP contribution in [0.25, 0.3) is 10.6 Å². The Morgan fingerprint density at radius 2 is 1.65 bits per heavy atom. The molecule has 0 fully saturated rings. The second kappa shape index (κ2) is 9.01. The number of carbonyl (C=O) groups excluding carboxylic acids is 1. The van der Waals surface area contributed by atoms with Crippen LogP contribution >= 0.6 is 11.3 Å². The summed E-state index contributed by atoms with van der Waals surface area (Å²) in [6, 6.07) is 15.7. The molecule has 0 aliphatic rings. The summed E-state index contributed by atoms with van der Waals surface area (Å²) < 4.78 is 45.2. The first-order valence-corrected chi connectivity index (χ1v) is 10.1. The Labute approximate surface area is 180 Å². The normalized spacial score (nSPS) is 10.7. The molecule has 4 rings (SSSR count). The van der Waals surface area contributed by atoms with E-state index in [4.69, 9.17) is 4.74 Å². The quantitative estimate of drug-likeness (QED) is 0.397. The molecule has 0 aliphatic heterocycles. The number of nitrogens with zero attached hydrogens (tertiary/aromatic N) is 1. The first kappa shape index (κ1) is 20.6. The highest BCUT2D eigenvalue weighted by Gasteiger charge is 2.13. The number of nitrogens with one attached hydrogen (secondary N) is 1. The summed E-state index contributed by atoms with van der Waals surface area (Å²) in [5.74, 6) is -1.57. The Morgan fingerprint density at radius 3 is 2.35 bits per heavy atom. The molecule has 31 heavy (non-hydrogen) atoms. The van der Waals surface area contributed by atoms with Crippen molar-refractivity contribution < 1.29 is 22.7 Å². The van der Waals surface area contributed by atoms with Gasteiger partial charge in [0.1, 0.15) is 40.5 Å². The number of aromatic nitrogens is 1. The molecule has 1 N–H and O–H groups in total. The summed E-state index contributed by atoms with van der Waals surface area (Å²) in [6.07, 6.45) is 0. The number of benzene rings is 3. The van der Waals surface area contributed by atoms with Gasteiger partial charge in [-0.3, -0.25) is 4.79 Å². The van der Waals surface area contributed by atoms with Gasteiger partial charge in [-0.05, 0) is 60.7 Å². The lowest BCUT2D eigenvalue weighted by atomic mass is 10.2.